The zero-order valence-electron chi connectivity index (χ0n) is 18.7. The van der Waals surface area contributed by atoms with Crippen molar-refractivity contribution in [1.29, 1.82) is 0 Å². The Hall–Kier alpha value is -3.16. The van der Waals surface area contributed by atoms with Gasteiger partial charge in [0.1, 0.15) is 17.0 Å². The van der Waals surface area contributed by atoms with Crippen LogP contribution in [0.1, 0.15) is 73.4 Å². The summed E-state index contributed by atoms with van der Waals surface area (Å²) >= 11 is 0. The number of aryl methyl sites for hydroxylation is 2. The fraction of sp³-hybridized carbons (Fsp3) is 0.458. The summed E-state index contributed by atoms with van der Waals surface area (Å²) < 4.78 is 22.7. The molecule has 0 saturated heterocycles. The normalized spacial score (nSPS) is 17.4. The molecule has 0 spiro atoms. The Balaban J connectivity index is 1.76. The van der Waals surface area contributed by atoms with Crippen LogP contribution in [0.3, 0.4) is 0 Å². The van der Waals surface area contributed by atoms with Gasteiger partial charge >= 0.3 is 5.97 Å². The molecule has 4 heterocycles. The van der Waals surface area contributed by atoms with Crippen molar-refractivity contribution in [3.8, 4) is 0 Å². The minimum Gasteiger partial charge on any atom is -0.458 e. The highest BCUT2D eigenvalue weighted by Crippen LogP contribution is 2.26. The first-order valence-electron chi connectivity index (χ1n) is 11.1. The molecule has 3 aromatic heterocycles. The first-order valence-corrected chi connectivity index (χ1v) is 11.1. The van der Waals surface area contributed by atoms with E-state index in [1.54, 1.807) is 25.3 Å². The van der Waals surface area contributed by atoms with Crippen molar-refractivity contribution in [3.05, 3.63) is 63.8 Å². The third kappa shape index (κ3) is 4.40. The van der Waals surface area contributed by atoms with E-state index in [1.807, 2.05) is 24.5 Å². The van der Waals surface area contributed by atoms with Crippen molar-refractivity contribution in [2.24, 2.45) is 0 Å². The molecule has 8 heteroatoms. The molecule has 0 aliphatic carbocycles. The zero-order chi connectivity index (χ0) is 22.8. The molecule has 168 valence electrons. The van der Waals surface area contributed by atoms with Gasteiger partial charge in [-0.05, 0) is 56.9 Å². The summed E-state index contributed by atoms with van der Waals surface area (Å²) in [6.45, 7) is 5.93. The minimum atomic E-state index is -0.586. The summed E-state index contributed by atoms with van der Waals surface area (Å²) in [7, 11) is 0. The molecule has 0 aromatic carbocycles. The predicted molar refractivity (Wildman–Crippen MR) is 118 cm³/mol. The van der Waals surface area contributed by atoms with Gasteiger partial charge in [-0.3, -0.25) is 4.98 Å². The van der Waals surface area contributed by atoms with Crippen molar-refractivity contribution in [3.63, 3.8) is 0 Å². The lowest BCUT2D eigenvalue weighted by Gasteiger charge is -2.14. The fourth-order valence-electron chi connectivity index (χ4n) is 4.14. The number of aromatic nitrogens is 3. The molecule has 0 saturated carbocycles. The van der Waals surface area contributed by atoms with Gasteiger partial charge < -0.3 is 9.30 Å². The second-order valence-corrected chi connectivity index (χ2v) is 8.61. The summed E-state index contributed by atoms with van der Waals surface area (Å²) in [6.07, 6.45) is 5.78. The van der Waals surface area contributed by atoms with E-state index in [0.717, 1.165) is 41.2 Å². The van der Waals surface area contributed by atoms with Crippen LogP contribution in [0.2, 0.25) is 0 Å². The average molecular weight is 440 g/mol. The van der Waals surface area contributed by atoms with Gasteiger partial charge in [-0.25, -0.2) is 14.2 Å². The van der Waals surface area contributed by atoms with E-state index >= 15 is 0 Å². The maximum absolute atomic E-state index is 14.5. The lowest BCUT2D eigenvalue weighted by molar-refractivity contribution is -0.604. The van der Waals surface area contributed by atoms with Crippen LogP contribution in [0.25, 0.3) is 11.0 Å². The van der Waals surface area contributed by atoms with Crippen LogP contribution in [0.15, 0.2) is 30.6 Å². The lowest BCUT2D eigenvalue weighted by Crippen LogP contribution is -2.18. The van der Waals surface area contributed by atoms with Crippen molar-refractivity contribution in [2.45, 2.75) is 71.7 Å². The highest BCUT2D eigenvalue weighted by Gasteiger charge is 2.28. The van der Waals surface area contributed by atoms with Gasteiger partial charge in [-0.2, -0.15) is 0 Å². The first-order chi connectivity index (χ1) is 15.3. The summed E-state index contributed by atoms with van der Waals surface area (Å²) in [5.41, 5.74) is 2.87. The molecule has 0 unspecified atom stereocenters. The minimum absolute atomic E-state index is 0.0719. The molecule has 1 aliphatic heterocycles. The zero-order valence-corrected chi connectivity index (χ0v) is 18.7. The number of halogens is 1. The molecule has 0 N–H and O–H groups in total. The Kier molecular flexibility index (Phi) is 6.30. The number of nitrogens with zero attached hydrogens (tertiary/aromatic N) is 4. The second kappa shape index (κ2) is 9.14. The number of carbonyl (C=O) groups excluding carboxylic acids is 1. The van der Waals surface area contributed by atoms with E-state index in [0.29, 0.717) is 35.6 Å². The van der Waals surface area contributed by atoms with E-state index in [9.17, 15) is 14.1 Å². The van der Waals surface area contributed by atoms with Gasteiger partial charge in [-0.1, -0.05) is 6.42 Å². The third-order valence-corrected chi connectivity index (χ3v) is 5.91. The Morgan fingerprint density at radius 1 is 1.25 bits per heavy atom. The summed E-state index contributed by atoms with van der Waals surface area (Å²) in [6, 6.07) is 4.87. The Morgan fingerprint density at radius 2 is 2.06 bits per heavy atom. The number of ether oxygens (including phenoxy) is 1. The maximum atomic E-state index is 14.5. The lowest BCUT2D eigenvalue weighted by atomic mass is 10.0. The van der Waals surface area contributed by atoms with E-state index in [2.05, 4.69) is 4.98 Å². The number of hydrogen-bond acceptors (Lipinski definition) is 5. The van der Waals surface area contributed by atoms with E-state index < -0.39 is 11.9 Å². The summed E-state index contributed by atoms with van der Waals surface area (Å²) in [5, 5.41) is 0.823. The van der Waals surface area contributed by atoms with Crippen LogP contribution in [0.5, 0.6) is 0 Å². The number of carbonyl (C=O) groups is 1. The molecule has 1 aliphatic rings. The molecule has 2 bridgehead atoms. The Morgan fingerprint density at radius 3 is 2.84 bits per heavy atom. The van der Waals surface area contributed by atoms with E-state index in [1.165, 1.54) is 0 Å². The molecule has 4 rings (SSSR count). The Bertz CT molecular complexity index is 1170. The number of pyridine rings is 2. The molecular formula is C24H28FN4O3+. The van der Waals surface area contributed by atoms with Crippen LogP contribution < -0.4 is 0 Å². The number of nitroso groups, excluding NO2 is 1. The predicted octanol–water partition coefficient (Wildman–Crippen LogP) is 4.90. The first kappa shape index (κ1) is 22.0. The molecular weight excluding hydrogens is 411 g/mol. The standard InChI is InChI=1S/C24H28FN4O3/c1-15(2)32-24(30)22-11-17-8-9-21-16(3)29(31)14-19-18(12-26-13-20(19)25)7-5-4-6-10-28(22)23(17)27-21/h8-9,11-13,15-16H,4-7,10,14H2,1-3H3/q+1/t16-/m1/s1. The molecule has 0 amide bonds. The quantitative estimate of drug-likeness (QED) is 0.419. The molecule has 0 fully saturated rings. The maximum Gasteiger partial charge on any atom is 0.355 e. The molecule has 1 atom stereocenters. The fourth-order valence-corrected chi connectivity index (χ4v) is 4.14. The van der Waals surface area contributed by atoms with Gasteiger partial charge in [0.25, 0.3) is 0 Å². The number of fused-ring (bicyclic) bond motifs is 2. The van der Waals surface area contributed by atoms with Crippen LogP contribution in [0.4, 0.5) is 4.39 Å². The van der Waals surface area contributed by atoms with Gasteiger partial charge in [0, 0.05) is 34.7 Å². The number of hydrogen-bond donors (Lipinski definition) is 0. The van der Waals surface area contributed by atoms with Crippen molar-refractivity contribution in [1.82, 2.24) is 14.5 Å². The van der Waals surface area contributed by atoms with Gasteiger partial charge in [0.2, 0.25) is 12.6 Å². The van der Waals surface area contributed by atoms with E-state index in [-0.39, 0.29) is 18.6 Å². The highest BCUT2D eigenvalue weighted by molar-refractivity contribution is 5.94. The molecule has 32 heavy (non-hydrogen) atoms. The summed E-state index contributed by atoms with van der Waals surface area (Å²) in [4.78, 5) is 34.4. The monoisotopic (exact) mass is 439 g/mol. The van der Waals surface area contributed by atoms with Crippen LogP contribution in [-0.2, 0) is 24.2 Å². The van der Waals surface area contributed by atoms with Gasteiger partial charge in [-0.15, -0.1) is 0 Å². The topological polar surface area (TPSA) is 77.1 Å². The SMILES string of the molecule is CC(C)OC(=O)c1cc2ccc3nc2n1CCCCCc1cncc(F)c1C[N+](=O)[C@@H]3C. The molecule has 7 nitrogen and oxygen atoms in total. The van der Waals surface area contributed by atoms with Gasteiger partial charge in [0.05, 0.1) is 17.9 Å². The van der Waals surface area contributed by atoms with Crippen molar-refractivity contribution >= 4 is 17.0 Å². The van der Waals surface area contributed by atoms with Crippen molar-refractivity contribution in [2.75, 3.05) is 0 Å². The Labute approximate surface area is 186 Å². The summed E-state index contributed by atoms with van der Waals surface area (Å²) in [5.74, 6) is -0.831. The third-order valence-electron chi connectivity index (χ3n) is 5.91. The van der Waals surface area contributed by atoms with Crippen molar-refractivity contribution < 1.29 is 18.7 Å². The smallest absolute Gasteiger partial charge is 0.355 e. The van der Waals surface area contributed by atoms with Crippen LogP contribution in [-0.4, -0.2) is 31.4 Å². The highest BCUT2D eigenvalue weighted by atomic mass is 19.1. The molecule has 3 aromatic rings. The average Bonchev–Trinajstić information content (AvgIpc) is 3.12. The number of rotatable bonds is 2. The molecule has 0 radical (unpaired) electrons. The largest absolute Gasteiger partial charge is 0.458 e. The number of esters is 1. The van der Waals surface area contributed by atoms with Crippen LogP contribution >= 0.6 is 0 Å². The second-order valence-electron chi connectivity index (χ2n) is 8.61. The van der Waals surface area contributed by atoms with E-state index in [4.69, 9.17) is 9.72 Å². The van der Waals surface area contributed by atoms with Gasteiger partial charge in [0.15, 0.2) is 5.82 Å². The van der Waals surface area contributed by atoms with Crippen LogP contribution in [0, 0.1) is 10.7 Å².